The zero-order chi connectivity index (χ0) is 14.0. The minimum absolute atomic E-state index is 0.614. The third kappa shape index (κ3) is 2.63. The van der Waals surface area contributed by atoms with Crippen molar-refractivity contribution in [3.63, 3.8) is 0 Å². The van der Waals surface area contributed by atoms with Crippen LogP contribution in [0.25, 0.3) is 11.3 Å². The Bertz CT molecular complexity index is 564. The Kier molecular flexibility index (Phi) is 3.90. The number of hydrogen-bond donors (Lipinski definition) is 2. The van der Waals surface area contributed by atoms with Crippen LogP contribution in [0, 0.1) is 20.8 Å². The Balaban J connectivity index is 2.53. The third-order valence-corrected chi connectivity index (χ3v) is 3.23. The number of benzene rings is 1. The summed E-state index contributed by atoms with van der Waals surface area (Å²) in [6.45, 7) is 6.68. The molecular formula is C15H21N3O. The average molecular weight is 259 g/mol. The summed E-state index contributed by atoms with van der Waals surface area (Å²) in [5, 5.41) is 0. The lowest BCUT2D eigenvalue weighted by Crippen LogP contribution is -2.04. The van der Waals surface area contributed by atoms with E-state index in [2.05, 4.69) is 35.9 Å². The van der Waals surface area contributed by atoms with Gasteiger partial charge in [-0.1, -0.05) is 0 Å². The molecule has 0 atom stereocenters. The second-order valence-corrected chi connectivity index (χ2v) is 4.83. The molecule has 0 fully saturated rings. The van der Waals surface area contributed by atoms with Gasteiger partial charge in [0.15, 0.2) is 0 Å². The van der Waals surface area contributed by atoms with Gasteiger partial charge < -0.3 is 15.5 Å². The smallest absolute Gasteiger partial charge is 0.124 e. The van der Waals surface area contributed by atoms with E-state index in [1.54, 1.807) is 7.11 Å². The SMILES string of the molecule is COc1c(C)cc(-c2nc(C)[nH]c2CCN)cc1C. The van der Waals surface area contributed by atoms with Gasteiger partial charge in [-0.2, -0.15) is 0 Å². The molecule has 1 heterocycles. The van der Waals surface area contributed by atoms with Gasteiger partial charge in [-0.05, 0) is 50.6 Å². The number of aromatic nitrogens is 2. The highest BCUT2D eigenvalue weighted by atomic mass is 16.5. The summed E-state index contributed by atoms with van der Waals surface area (Å²) in [5.41, 5.74) is 11.1. The van der Waals surface area contributed by atoms with E-state index in [0.717, 1.165) is 46.1 Å². The molecule has 0 aliphatic carbocycles. The topological polar surface area (TPSA) is 63.9 Å². The summed E-state index contributed by atoms with van der Waals surface area (Å²) in [5.74, 6) is 1.86. The van der Waals surface area contributed by atoms with Gasteiger partial charge in [0.1, 0.15) is 11.6 Å². The van der Waals surface area contributed by atoms with E-state index in [4.69, 9.17) is 10.5 Å². The fourth-order valence-corrected chi connectivity index (χ4v) is 2.51. The molecule has 4 nitrogen and oxygen atoms in total. The van der Waals surface area contributed by atoms with E-state index in [1.165, 1.54) is 0 Å². The zero-order valence-electron chi connectivity index (χ0n) is 12.0. The quantitative estimate of drug-likeness (QED) is 0.886. The Labute approximate surface area is 114 Å². The number of aryl methyl sites for hydroxylation is 3. The summed E-state index contributed by atoms with van der Waals surface area (Å²) in [7, 11) is 1.70. The molecule has 3 N–H and O–H groups in total. The Morgan fingerprint density at radius 3 is 2.37 bits per heavy atom. The van der Waals surface area contributed by atoms with E-state index in [0.29, 0.717) is 6.54 Å². The van der Waals surface area contributed by atoms with Crippen molar-refractivity contribution in [2.45, 2.75) is 27.2 Å². The Morgan fingerprint density at radius 1 is 1.21 bits per heavy atom. The molecule has 102 valence electrons. The molecule has 1 aromatic carbocycles. The molecule has 0 aliphatic heterocycles. The molecule has 0 radical (unpaired) electrons. The summed E-state index contributed by atoms with van der Waals surface area (Å²) < 4.78 is 5.40. The number of aromatic amines is 1. The van der Waals surface area contributed by atoms with E-state index in [1.807, 2.05) is 6.92 Å². The first-order valence-corrected chi connectivity index (χ1v) is 6.48. The van der Waals surface area contributed by atoms with Crippen LogP contribution >= 0.6 is 0 Å². The zero-order valence-corrected chi connectivity index (χ0v) is 12.0. The van der Waals surface area contributed by atoms with E-state index in [9.17, 15) is 0 Å². The van der Waals surface area contributed by atoms with Gasteiger partial charge in [0.05, 0.1) is 12.8 Å². The number of hydrogen-bond acceptors (Lipinski definition) is 3. The van der Waals surface area contributed by atoms with Gasteiger partial charge in [0.2, 0.25) is 0 Å². The second-order valence-electron chi connectivity index (χ2n) is 4.83. The van der Waals surface area contributed by atoms with Gasteiger partial charge in [-0.15, -0.1) is 0 Å². The molecule has 1 aromatic heterocycles. The number of methoxy groups -OCH3 is 1. The fourth-order valence-electron chi connectivity index (χ4n) is 2.51. The van der Waals surface area contributed by atoms with Crippen LogP contribution < -0.4 is 10.5 Å². The summed E-state index contributed by atoms with van der Waals surface area (Å²) in [6.07, 6.45) is 0.806. The molecule has 4 heteroatoms. The van der Waals surface area contributed by atoms with Crippen molar-refractivity contribution < 1.29 is 4.74 Å². The Morgan fingerprint density at radius 2 is 1.84 bits per heavy atom. The maximum absolute atomic E-state index is 5.65. The largest absolute Gasteiger partial charge is 0.496 e. The van der Waals surface area contributed by atoms with Crippen LogP contribution in [0.5, 0.6) is 5.75 Å². The van der Waals surface area contributed by atoms with Crippen LogP contribution in [0.4, 0.5) is 0 Å². The first-order valence-electron chi connectivity index (χ1n) is 6.48. The van der Waals surface area contributed by atoms with Gasteiger partial charge in [-0.25, -0.2) is 4.98 Å². The second kappa shape index (κ2) is 5.45. The number of H-pyrrole nitrogens is 1. The normalized spacial score (nSPS) is 10.8. The van der Waals surface area contributed by atoms with Crippen molar-refractivity contribution in [2.75, 3.05) is 13.7 Å². The summed E-state index contributed by atoms with van der Waals surface area (Å²) >= 11 is 0. The molecule has 0 bridgehead atoms. The lowest BCUT2D eigenvalue weighted by molar-refractivity contribution is 0.408. The number of nitrogens with zero attached hydrogens (tertiary/aromatic N) is 1. The highest BCUT2D eigenvalue weighted by Crippen LogP contribution is 2.30. The standard InChI is InChI=1S/C15H21N3O/c1-9-7-12(8-10(2)15(9)19-4)14-13(5-6-16)17-11(3)18-14/h7-8H,5-6,16H2,1-4H3,(H,17,18). The first kappa shape index (κ1) is 13.6. The van der Waals surface area contributed by atoms with Crippen molar-refractivity contribution in [3.05, 3.63) is 34.8 Å². The van der Waals surface area contributed by atoms with Crippen LogP contribution in [-0.2, 0) is 6.42 Å². The lowest BCUT2D eigenvalue weighted by atomic mass is 10.0. The molecule has 0 saturated carbocycles. The maximum Gasteiger partial charge on any atom is 0.124 e. The minimum Gasteiger partial charge on any atom is -0.496 e. The summed E-state index contributed by atoms with van der Waals surface area (Å²) in [6, 6.07) is 4.23. The van der Waals surface area contributed by atoms with Crippen molar-refractivity contribution in [3.8, 4) is 17.0 Å². The van der Waals surface area contributed by atoms with Gasteiger partial charge >= 0.3 is 0 Å². The molecular weight excluding hydrogens is 238 g/mol. The van der Waals surface area contributed by atoms with Crippen molar-refractivity contribution in [2.24, 2.45) is 5.73 Å². The number of nitrogens with one attached hydrogen (secondary N) is 1. The number of ether oxygens (including phenoxy) is 1. The van der Waals surface area contributed by atoms with Crippen molar-refractivity contribution >= 4 is 0 Å². The van der Waals surface area contributed by atoms with Gasteiger partial charge in [0.25, 0.3) is 0 Å². The van der Waals surface area contributed by atoms with Crippen LogP contribution in [-0.4, -0.2) is 23.6 Å². The molecule has 0 saturated heterocycles. The maximum atomic E-state index is 5.65. The van der Waals surface area contributed by atoms with E-state index in [-0.39, 0.29) is 0 Å². The molecule has 0 aliphatic rings. The first-order chi connectivity index (χ1) is 9.06. The van der Waals surface area contributed by atoms with E-state index >= 15 is 0 Å². The van der Waals surface area contributed by atoms with Crippen LogP contribution in [0.3, 0.4) is 0 Å². The molecule has 2 rings (SSSR count). The van der Waals surface area contributed by atoms with Crippen LogP contribution in [0.2, 0.25) is 0 Å². The monoisotopic (exact) mass is 259 g/mol. The average Bonchev–Trinajstić information content (AvgIpc) is 2.70. The number of nitrogens with two attached hydrogens (primary N) is 1. The van der Waals surface area contributed by atoms with Gasteiger partial charge in [-0.3, -0.25) is 0 Å². The summed E-state index contributed by atoms with van der Waals surface area (Å²) in [4.78, 5) is 7.87. The van der Waals surface area contributed by atoms with Gasteiger partial charge in [0, 0.05) is 17.7 Å². The van der Waals surface area contributed by atoms with E-state index < -0.39 is 0 Å². The number of rotatable bonds is 4. The predicted molar refractivity (Wildman–Crippen MR) is 77.5 cm³/mol. The molecule has 0 unspecified atom stereocenters. The number of imidazole rings is 1. The fraction of sp³-hybridized carbons (Fsp3) is 0.400. The van der Waals surface area contributed by atoms with Crippen molar-refractivity contribution in [1.29, 1.82) is 0 Å². The van der Waals surface area contributed by atoms with Crippen molar-refractivity contribution in [1.82, 2.24) is 9.97 Å². The third-order valence-electron chi connectivity index (χ3n) is 3.23. The Hall–Kier alpha value is -1.81. The molecule has 2 aromatic rings. The lowest BCUT2D eigenvalue weighted by Gasteiger charge is -2.11. The predicted octanol–water partition coefficient (Wildman–Crippen LogP) is 2.51. The van der Waals surface area contributed by atoms with Crippen LogP contribution in [0.1, 0.15) is 22.6 Å². The minimum atomic E-state index is 0.614. The van der Waals surface area contributed by atoms with Crippen LogP contribution in [0.15, 0.2) is 12.1 Å². The highest BCUT2D eigenvalue weighted by molar-refractivity contribution is 5.66. The molecule has 19 heavy (non-hydrogen) atoms. The molecule has 0 spiro atoms. The molecule has 0 amide bonds. The highest BCUT2D eigenvalue weighted by Gasteiger charge is 2.13.